The summed E-state index contributed by atoms with van der Waals surface area (Å²) < 4.78 is 0.875. The second-order valence-electron chi connectivity index (χ2n) is 4.70. The molecule has 16 heavy (non-hydrogen) atoms. The lowest BCUT2D eigenvalue weighted by Gasteiger charge is -2.42. The van der Waals surface area contributed by atoms with E-state index < -0.39 is 0 Å². The number of rotatable bonds is 10. The first-order valence-corrected chi connectivity index (χ1v) is 7.30. The van der Waals surface area contributed by atoms with Gasteiger partial charge >= 0.3 is 0 Å². The summed E-state index contributed by atoms with van der Waals surface area (Å²) in [5.74, 6) is 0.654. The molecule has 1 atom stereocenters. The van der Waals surface area contributed by atoms with Gasteiger partial charge in [-0.25, -0.2) is 0 Å². The van der Waals surface area contributed by atoms with Gasteiger partial charge < -0.3 is 5.11 Å². The van der Waals surface area contributed by atoms with Crippen LogP contribution in [-0.2, 0) is 0 Å². The average Bonchev–Trinajstić information content (AvgIpc) is 2.26. The lowest BCUT2D eigenvalue weighted by molar-refractivity contribution is -0.971. The van der Waals surface area contributed by atoms with Crippen molar-refractivity contribution >= 4 is 11.6 Å². The molecule has 3 heteroatoms. The van der Waals surface area contributed by atoms with Crippen molar-refractivity contribution in [3.8, 4) is 0 Å². The Balaban J connectivity index is 4.54. The van der Waals surface area contributed by atoms with Gasteiger partial charge in [0.05, 0.1) is 19.6 Å². The molecule has 0 rings (SSSR count). The van der Waals surface area contributed by atoms with Crippen molar-refractivity contribution in [2.45, 2.75) is 59.1 Å². The minimum absolute atomic E-state index is 0.224. The average molecular weight is 251 g/mol. The van der Waals surface area contributed by atoms with Gasteiger partial charge in [0.1, 0.15) is 0 Å². The van der Waals surface area contributed by atoms with Crippen molar-refractivity contribution in [1.29, 1.82) is 0 Å². The number of nitrogens with zero attached hydrogens (tertiary/aromatic N) is 1. The van der Waals surface area contributed by atoms with E-state index in [9.17, 15) is 5.11 Å². The molecule has 98 valence electrons. The molecule has 0 spiro atoms. The molecule has 0 fully saturated rings. The van der Waals surface area contributed by atoms with Gasteiger partial charge in [0.25, 0.3) is 0 Å². The first kappa shape index (κ1) is 16.2. The van der Waals surface area contributed by atoms with Gasteiger partial charge in [-0.3, -0.25) is 4.48 Å². The SMILES string of the molecule is CCC[N+](CCC)(CCC)C(O)CCCCl. The zero-order valence-corrected chi connectivity index (χ0v) is 12.0. The van der Waals surface area contributed by atoms with Gasteiger partial charge in [-0.05, 0) is 25.7 Å². The summed E-state index contributed by atoms with van der Waals surface area (Å²) in [6.07, 6.45) is 4.94. The Bertz CT molecular complexity index is 147. The summed E-state index contributed by atoms with van der Waals surface area (Å²) in [5.41, 5.74) is 0. The molecule has 0 radical (unpaired) electrons. The molecule has 0 bridgehead atoms. The maximum Gasteiger partial charge on any atom is 0.190 e. The number of quaternary nitrogens is 1. The largest absolute Gasteiger partial charge is 0.345 e. The van der Waals surface area contributed by atoms with E-state index in [0.29, 0.717) is 5.88 Å². The van der Waals surface area contributed by atoms with E-state index in [0.717, 1.165) is 56.2 Å². The smallest absolute Gasteiger partial charge is 0.190 e. The van der Waals surface area contributed by atoms with Crippen LogP contribution in [0.2, 0.25) is 0 Å². The van der Waals surface area contributed by atoms with Gasteiger partial charge in [0.15, 0.2) is 6.23 Å². The summed E-state index contributed by atoms with van der Waals surface area (Å²) in [4.78, 5) is 0. The van der Waals surface area contributed by atoms with E-state index >= 15 is 0 Å². The van der Waals surface area contributed by atoms with Crippen LogP contribution in [0.3, 0.4) is 0 Å². The normalized spacial score (nSPS) is 14.1. The quantitative estimate of drug-likeness (QED) is 0.358. The molecular formula is C13H29ClNO+. The highest BCUT2D eigenvalue weighted by molar-refractivity contribution is 6.17. The minimum atomic E-state index is -0.224. The maximum absolute atomic E-state index is 10.4. The summed E-state index contributed by atoms with van der Waals surface area (Å²) in [7, 11) is 0. The Hall–Kier alpha value is 0.210. The Labute approximate surface area is 106 Å². The zero-order chi connectivity index (χ0) is 12.4. The topological polar surface area (TPSA) is 20.2 Å². The molecule has 0 aromatic rings. The van der Waals surface area contributed by atoms with Crippen molar-refractivity contribution in [2.24, 2.45) is 0 Å². The predicted octanol–water partition coefficient (Wildman–Crippen LogP) is 3.37. The third-order valence-electron chi connectivity index (χ3n) is 3.24. The highest BCUT2D eigenvalue weighted by Gasteiger charge is 2.32. The molecule has 0 aromatic carbocycles. The first-order valence-electron chi connectivity index (χ1n) is 6.76. The minimum Gasteiger partial charge on any atom is -0.345 e. The van der Waals surface area contributed by atoms with Crippen molar-refractivity contribution in [3.63, 3.8) is 0 Å². The highest BCUT2D eigenvalue weighted by Crippen LogP contribution is 2.19. The summed E-state index contributed by atoms with van der Waals surface area (Å²) in [6, 6.07) is 0. The van der Waals surface area contributed by atoms with E-state index in [4.69, 9.17) is 11.6 Å². The van der Waals surface area contributed by atoms with Gasteiger partial charge in [-0.15, -0.1) is 11.6 Å². The van der Waals surface area contributed by atoms with Crippen LogP contribution in [0.15, 0.2) is 0 Å². The Morgan fingerprint density at radius 2 is 1.44 bits per heavy atom. The number of halogens is 1. The van der Waals surface area contributed by atoms with Crippen LogP contribution in [0.25, 0.3) is 0 Å². The van der Waals surface area contributed by atoms with Crippen LogP contribution in [0, 0.1) is 0 Å². The van der Waals surface area contributed by atoms with E-state index in [1.54, 1.807) is 0 Å². The van der Waals surface area contributed by atoms with Crippen molar-refractivity contribution in [2.75, 3.05) is 25.5 Å². The summed E-state index contributed by atoms with van der Waals surface area (Å²) in [5, 5.41) is 10.4. The van der Waals surface area contributed by atoms with Gasteiger partial charge in [0.2, 0.25) is 0 Å². The number of hydrogen-bond donors (Lipinski definition) is 1. The lowest BCUT2D eigenvalue weighted by Crippen LogP contribution is -2.56. The van der Waals surface area contributed by atoms with Gasteiger partial charge in [-0.2, -0.15) is 0 Å². The highest BCUT2D eigenvalue weighted by atomic mass is 35.5. The standard InChI is InChI=1S/C13H29ClNO/c1-4-10-15(11-5-2,12-6-3)13(16)8-7-9-14/h13,16H,4-12H2,1-3H3/q+1. The molecule has 0 heterocycles. The molecule has 0 aliphatic carbocycles. The molecular weight excluding hydrogens is 222 g/mol. The predicted molar refractivity (Wildman–Crippen MR) is 71.7 cm³/mol. The summed E-state index contributed by atoms with van der Waals surface area (Å²) >= 11 is 5.71. The van der Waals surface area contributed by atoms with Crippen LogP contribution in [-0.4, -0.2) is 41.3 Å². The number of aliphatic hydroxyl groups excluding tert-OH is 1. The van der Waals surface area contributed by atoms with E-state index in [-0.39, 0.29) is 6.23 Å². The second kappa shape index (κ2) is 9.26. The van der Waals surface area contributed by atoms with Crippen LogP contribution < -0.4 is 0 Å². The third kappa shape index (κ3) is 5.03. The first-order chi connectivity index (χ1) is 7.66. The fourth-order valence-electron chi connectivity index (χ4n) is 2.65. The summed E-state index contributed by atoms with van der Waals surface area (Å²) in [6.45, 7) is 9.87. The number of hydrogen-bond acceptors (Lipinski definition) is 1. The lowest BCUT2D eigenvalue weighted by atomic mass is 10.1. The molecule has 0 amide bonds. The fourth-order valence-corrected chi connectivity index (χ4v) is 2.81. The van der Waals surface area contributed by atoms with Crippen LogP contribution >= 0.6 is 11.6 Å². The monoisotopic (exact) mass is 250 g/mol. The third-order valence-corrected chi connectivity index (χ3v) is 3.50. The fraction of sp³-hybridized carbons (Fsp3) is 1.00. The molecule has 2 nitrogen and oxygen atoms in total. The molecule has 0 saturated heterocycles. The zero-order valence-electron chi connectivity index (χ0n) is 11.2. The number of aliphatic hydroxyl groups is 1. The van der Waals surface area contributed by atoms with E-state index in [1.165, 1.54) is 0 Å². The Kier molecular flexibility index (Phi) is 9.38. The van der Waals surface area contributed by atoms with Crippen molar-refractivity contribution in [3.05, 3.63) is 0 Å². The molecule has 0 saturated carbocycles. The maximum atomic E-state index is 10.4. The van der Waals surface area contributed by atoms with Gasteiger partial charge in [-0.1, -0.05) is 20.8 Å². The molecule has 1 unspecified atom stereocenters. The van der Waals surface area contributed by atoms with Crippen LogP contribution in [0.1, 0.15) is 52.9 Å². The molecule has 0 aliphatic rings. The Morgan fingerprint density at radius 3 is 1.75 bits per heavy atom. The molecule has 0 aromatic heterocycles. The Morgan fingerprint density at radius 1 is 1.00 bits per heavy atom. The van der Waals surface area contributed by atoms with Gasteiger partial charge in [0, 0.05) is 12.3 Å². The second-order valence-corrected chi connectivity index (χ2v) is 5.08. The van der Waals surface area contributed by atoms with Crippen molar-refractivity contribution in [1.82, 2.24) is 0 Å². The van der Waals surface area contributed by atoms with E-state index in [2.05, 4.69) is 20.8 Å². The molecule has 1 N–H and O–H groups in total. The van der Waals surface area contributed by atoms with E-state index in [1.807, 2.05) is 0 Å². The molecule has 0 aliphatic heterocycles. The van der Waals surface area contributed by atoms with Crippen LogP contribution in [0.4, 0.5) is 0 Å². The van der Waals surface area contributed by atoms with Crippen LogP contribution in [0.5, 0.6) is 0 Å². The number of alkyl halides is 1. The van der Waals surface area contributed by atoms with Crippen molar-refractivity contribution < 1.29 is 9.59 Å².